The topological polar surface area (TPSA) is 82.5 Å². The predicted octanol–water partition coefficient (Wildman–Crippen LogP) is 1.52. The lowest BCUT2D eigenvalue weighted by Gasteiger charge is -2.14. The summed E-state index contributed by atoms with van der Waals surface area (Å²) in [5, 5.41) is 20.9. The van der Waals surface area contributed by atoms with Gasteiger partial charge in [-0.25, -0.2) is 4.79 Å². The molecule has 0 fully saturated rings. The zero-order chi connectivity index (χ0) is 12.8. The quantitative estimate of drug-likeness (QED) is 0.700. The third kappa shape index (κ3) is 4.03. The summed E-state index contributed by atoms with van der Waals surface area (Å²) in [6.45, 7) is 4.58. The molecule has 0 saturated carbocycles. The average molecular weight is 238 g/mol. The Morgan fingerprint density at radius 1 is 1.59 bits per heavy atom. The van der Waals surface area contributed by atoms with E-state index in [1.165, 1.54) is 6.20 Å². The van der Waals surface area contributed by atoms with Gasteiger partial charge in [0.2, 0.25) is 0 Å². The molecule has 0 amide bonds. The SMILES string of the molecule is Cc1cc(NCC(C)CCO)c(C(=O)O)cn1. The number of rotatable bonds is 6. The average Bonchev–Trinajstić information content (AvgIpc) is 2.26. The number of aliphatic hydroxyl groups is 1. The van der Waals surface area contributed by atoms with E-state index in [0.29, 0.717) is 18.7 Å². The maximum atomic E-state index is 11.0. The maximum absolute atomic E-state index is 11.0. The van der Waals surface area contributed by atoms with Crippen LogP contribution in [0.15, 0.2) is 12.3 Å². The molecular formula is C12H18N2O3. The van der Waals surface area contributed by atoms with Gasteiger partial charge in [0.1, 0.15) is 5.56 Å². The Balaban J connectivity index is 2.75. The fraction of sp³-hybridized carbons (Fsp3) is 0.500. The molecule has 0 aromatic carbocycles. The predicted molar refractivity (Wildman–Crippen MR) is 65.3 cm³/mol. The summed E-state index contributed by atoms with van der Waals surface area (Å²) in [7, 11) is 0. The van der Waals surface area contributed by atoms with Crippen molar-refractivity contribution in [3.63, 3.8) is 0 Å². The molecule has 1 atom stereocenters. The molecule has 5 heteroatoms. The van der Waals surface area contributed by atoms with Crippen LogP contribution in [0.5, 0.6) is 0 Å². The molecule has 5 nitrogen and oxygen atoms in total. The van der Waals surface area contributed by atoms with Crippen LogP contribution in [0.1, 0.15) is 29.4 Å². The minimum Gasteiger partial charge on any atom is -0.478 e. The fourth-order valence-corrected chi connectivity index (χ4v) is 1.48. The van der Waals surface area contributed by atoms with Gasteiger partial charge in [-0.1, -0.05) is 6.92 Å². The third-order valence-electron chi connectivity index (χ3n) is 2.53. The molecule has 1 aromatic rings. The summed E-state index contributed by atoms with van der Waals surface area (Å²) in [4.78, 5) is 14.9. The molecule has 0 saturated heterocycles. The summed E-state index contributed by atoms with van der Waals surface area (Å²) in [6.07, 6.45) is 2.05. The number of hydrogen-bond donors (Lipinski definition) is 3. The number of nitrogens with zero attached hydrogens (tertiary/aromatic N) is 1. The normalized spacial score (nSPS) is 12.2. The number of aromatic carboxylic acids is 1. The third-order valence-corrected chi connectivity index (χ3v) is 2.53. The van der Waals surface area contributed by atoms with E-state index in [1.807, 2.05) is 13.8 Å². The van der Waals surface area contributed by atoms with Gasteiger partial charge in [-0.3, -0.25) is 4.98 Å². The van der Waals surface area contributed by atoms with Crippen LogP contribution >= 0.6 is 0 Å². The molecule has 0 spiro atoms. The van der Waals surface area contributed by atoms with Crippen LogP contribution in [0, 0.1) is 12.8 Å². The van der Waals surface area contributed by atoms with Gasteiger partial charge < -0.3 is 15.5 Å². The number of nitrogens with one attached hydrogen (secondary N) is 1. The summed E-state index contributed by atoms with van der Waals surface area (Å²) < 4.78 is 0. The molecule has 1 heterocycles. The van der Waals surface area contributed by atoms with E-state index >= 15 is 0 Å². The second-order valence-corrected chi connectivity index (χ2v) is 4.17. The molecule has 94 valence electrons. The molecule has 0 aliphatic carbocycles. The minimum absolute atomic E-state index is 0.143. The Hall–Kier alpha value is -1.62. The van der Waals surface area contributed by atoms with Gasteiger partial charge in [0.05, 0.1) is 5.69 Å². The molecule has 0 radical (unpaired) electrons. The molecule has 17 heavy (non-hydrogen) atoms. The Morgan fingerprint density at radius 2 is 2.29 bits per heavy atom. The van der Waals surface area contributed by atoms with Crippen molar-refractivity contribution >= 4 is 11.7 Å². The van der Waals surface area contributed by atoms with Gasteiger partial charge in [-0.2, -0.15) is 0 Å². The van der Waals surface area contributed by atoms with Gasteiger partial charge in [-0.05, 0) is 25.3 Å². The van der Waals surface area contributed by atoms with E-state index in [4.69, 9.17) is 10.2 Å². The number of pyridine rings is 1. The van der Waals surface area contributed by atoms with Gasteiger partial charge in [-0.15, -0.1) is 0 Å². The summed E-state index contributed by atoms with van der Waals surface area (Å²) >= 11 is 0. The fourth-order valence-electron chi connectivity index (χ4n) is 1.48. The lowest BCUT2D eigenvalue weighted by Crippen LogP contribution is -2.15. The van der Waals surface area contributed by atoms with E-state index in [-0.39, 0.29) is 18.1 Å². The zero-order valence-corrected chi connectivity index (χ0v) is 10.1. The molecular weight excluding hydrogens is 220 g/mol. The Labute approximate surface area is 101 Å². The van der Waals surface area contributed by atoms with Gasteiger partial charge >= 0.3 is 5.97 Å². The standard InChI is InChI=1S/C12H18N2O3/c1-8(3-4-15)6-14-11-5-9(2)13-7-10(11)12(16)17/h5,7-8,15H,3-4,6H2,1-2H3,(H,13,14)(H,16,17). The van der Waals surface area contributed by atoms with Crippen LogP contribution in [0.3, 0.4) is 0 Å². The summed E-state index contributed by atoms with van der Waals surface area (Å²) in [5.74, 6) is -0.704. The highest BCUT2D eigenvalue weighted by Gasteiger charge is 2.11. The Kier molecular flexibility index (Phi) is 4.90. The number of carboxylic acids is 1. The zero-order valence-electron chi connectivity index (χ0n) is 10.1. The maximum Gasteiger partial charge on any atom is 0.339 e. The first-order chi connectivity index (χ1) is 8.04. The van der Waals surface area contributed by atoms with Crippen molar-refractivity contribution < 1.29 is 15.0 Å². The number of anilines is 1. The Morgan fingerprint density at radius 3 is 2.88 bits per heavy atom. The van der Waals surface area contributed by atoms with Crippen molar-refractivity contribution in [2.45, 2.75) is 20.3 Å². The second-order valence-electron chi connectivity index (χ2n) is 4.17. The van der Waals surface area contributed by atoms with Crippen LogP contribution in [-0.4, -0.2) is 34.3 Å². The molecule has 0 aliphatic rings. The molecule has 1 aromatic heterocycles. The van der Waals surface area contributed by atoms with Crippen LogP contribution < -0.4 is 5.32 Å². The molecule has 3 N–H and O–H groups in total. The van der Waals surface area contributed by atoms with Crippen LogP contribution in [0.4, 0.5) is 5.69 Å². The Bertz CT molecular complexity index is 393. The summed E-state index contributed by atoms with van der Waals surface area (Å²) in [6, 6.07) is 1.72. The highest BCUT2D eigenvalue weighted by molar-refractivity contribution is 5.93. The smallest absolute Gasteiger partial charge is 0.339 e. The highest BCUT2D eigenvalue weighted by atomic mass is 16.4. The van der Waals surface area contributed by atoms with Crippen molar-refractivity contribution in [2.24, 2.45) is 5.92 Å². The first kappa shape index (κ1) is 13.4. The summed E-state index contributed by atoms with van der Waals surface area (Å²) in [5.41, 5.74) is 1.52. The number of aliphatic hydroxyl groups excluding tert-OH is 1. The second kappa shape index (κ2) is 6.20. The van der Waals surface area contributed by atoms with Crippen molar-refractivity contribution in [1.29, 1.82) is 0 Å². The number of carbonyl (C=O) groups is 1. The van der Waals surface area contributed by atoms with Crippen molar-refractivity contribution in [1.82, 2.24) is 4.98 Å². The van der Waals surface area contributed by atoms with E-state index in [1.54, 1.807) is 6.07 Å². The van der Waals surface area contributed by atoms with Crippen molar-refractivity contribution in [2.75, 3.05) is 18.5 Å². The molecule has 1 rings (SSSR count). The van der Waals surface area contributed by atoms with Crippen molar-refractivity contribution in [3.05, 3.63) is 23.5 Å². The van der Waals surface area contributed by atoms with Crippen molar-refractivity contribution in [3.8, 4) is 0 Å². The minimum atomic E-state index is -0.991. The number of aromatic nitrogens is 1. The number of carboxylic acid groups (broad SMARTS) is 1. The first-order valence-corrected chi connectivity index (χ1v) is 5.59. The molecule has 1 unspecified atom stereocenters. The molecule has 0 bridgehead atoms. The van der Waals surface area contributed by atoms with Crippen LogP contribution in [-0.2, 0) is 0 Å². The van der Waals surface area contributed by atoms with E-state index in [9.17, 15) is 4.79 Å². The van der Waals surface area contributed by atoms with Gasteiger partial charge in [0, 0.05) is 25.0 Å². The van der Waals surface area contributed by atoms with Crippen LogP contribution in [0.25, 0.3) is 0 Å². The van der Waals surface area contributed by atoms with E-state index in [2.05, 4.69) is 10.3 Å². The van der Waals surface area contributed by atoms with E-state index in [0.717, 1.165) is 5.69 Å². The highest BCUT2D eigenvalue weighted by Crippen LogP contribution is 2.16. The monoisotopic (exact) mass is 238 g/mol. The van der Waals surface area contributed by atoms with Gasteiger partial charge in [0.15, 0.2) is 0 Å². The lowest BCUT2D eigenvalue weighted by molar-refractivity contribution is 0.0697. The van der Waals surface area contributed by atoms with Crippen LogP contribution in [0.2, 0.25) is 0 Å². The lowest BCUT2D eigenvalue weighted by atomic mass is 10.1. The number of hydrogen-bond acceptors (Lipinski definition) is 4. The van der Waals surface area contributed by atoms with Gasteiger partial charge in [0.25, 0.3) is 0 Å². The molecule has 0 aliphatic heterocycles. The number of aryl methyl sites for hydroxylation is 1. The first-order valence-electron chi connectivity index (χ1n) is 5.59. The largest absolute Gasteiger partial charge is 0.478 e. The van der Waals surface area contributed by atoms with E-state index < -0.39 is 5.97 Å².